The lowest BCUT2D eigenvalue weighted by molar-refractivity contribution is 0.270. The van der Waals surface area contributed by atoms with E-state index in [1.165, 1.54) is 5.56 Å². The fraction of sp³-hybridized carbons (Fsp3) is 0.571. The molecule has 0 bridgehead atoms. The van der Waals surface area contributed by atoms with Crippen molar-refractivity contribution < 1.29 is 4.74 Å². The summed E-state index contributed by atoms with van der Waals surface area (Å²) in [6.45, 7) is 7.41. The van der Waals surface area contributed by atoms with Crippen LogP contribution in [-0.2, 0) is 0 Å². The van der Waals surface area contributed by atoms with Gasteiger partial charge in [-0.3, -0.25) is 0 Å². The maximum absolute atomic E-state index is 5.88. The minimum absolute atomic E-state index is 0.546. The van der Waals surface area contributed by atoms with E-state index in [4.69, 9.17) is 4.74 Å². The van der Waals surface area contributed by atoms with Crippen LogP contribution in [0.25, 0.3) is 0 Å². The van der Waals surface area contributed by atoms with Crippen molar-refractivity contribution in [3.8, 4) is 5.75 Å². The van der Waals surface area contributed by atoms with Gasteiger partial charge in [0.25, 0.3) is 0 Å². The zero-order valence-corrected chi connectivity index (χ0v) is 12.0. The number of para-hydroxylation sites is 1. The molecule has 1 rings (SSSR count). The van der Waals surface area contributed by atoms with Crippen LogP contribution in [0, 0.1) is 5.92 Å². The van der Waals surface area contributed by atoms with Crippen molar-refractivity contribution in [2.24, 2.45) is 5.92 Å². The number of ether oxygens (including phenoxy) is 1. The average molecular weight is 285 g/mol. The van der Waals surface area contributed by atoms with Crippen LogP contribution >= 0.6 is 15.9 Å². The number of hydrogen-bond donors (Lipinski definition) is 0. The van der Waals surface area contributed by atoms with Crippen molar-refractivity contribution in [3.63, 3.8) is 0 Å². The second-order valence-electron chi connectivity index (χ2n) is 4.42. The first-order chi connectivity index (χ1) is 7.69. The summed E-state index contributed by atoms with van der Waals surface area (Å²) < 4.78 is 5.88. The van der Waals surface area contributed by atoms with Crippen LogP contribution in [0.3, 0.4) is 0 Å². The van der Waals surface area contributed by atoms with Crippen LogP contribution in [-0.4, -0.2) is 11.9 Å². The molecular formula is C14H21BrO. The molecule has 0 N–H and O–H groups in total. The molecule has 0 fully saturated rings. The maximum Gasteiger partial charge on any atom is 0.122 e. The van der Waals surface area contributed by atoms with Gasteiger partial charge in [-0.2, -0.15) is 0 Å². The lowest BCUT2D eigenvalue weighted by atomic mass is 9.98. The van der Waals surface area contributed by atoms with Crippen LogP contribution in [0.15, 0.2) is 24.3 Å². The van der Waals surface area contributed by atoms with Crippen molar-refractivity contribution in [2.45, 2.75) is 33.1 Å². The molecule has 0 saturated heterocycles. The largest absolute Gasteiger partial charge is 0.493 e. The van der Waals surface area contributed by atoms with Crippen LogP contribution in [0.2, 0.25) is 0 Å². The average Bonchev–Trinajstić information content (AvgIpc) is 2.35. The summed E-state index contributed by atoms with van der Waals surface area (Å²) >= 11 is 3.47. The Morgan fingerprint density at radius 1 is 1.25 bits per heavy atom. The van der Waals surface area contributed by atoms with Crippen LogP contribution in [0.1, 0.15) is 38.7 Å². The summed E-state index contributed by atoms with van der Waals surface area (Å²) in [5.41, 5.74) is 1.33. The molecule has 0 amide bonds. The summed E-state index contributed by atoms with van der Waals surface area (Å²) in [6, 6.07) is 8.37. The Labute approximate surface area is 107 Å². The summed E-state index contributed by atoms with van der Waals surface area (Å²) in [4.78, 5) is 0. The van der Waals surface area contributed by atoms with E-state index in [2.05, 4.69) is 54.9 Å². The highest BCUT2D eigenvalue weighted by molar-refractivity contribution is 9.09. The minimum Gasteiger partial charge on any atom is -0.493 e. The quantitative estimate of drug-likeness (QED) is 0.693. The van der Waals surface area contributed by atoms with Crippen molar-refractivity contribution in [2.75, 3.05) is 11.9 Å². The van der Waals surface area contributed by atoms with Gasteiger partial charge in [0.2, 0.25) is 0 Å². The third-order valence-corrected chi connectivity index (χ3v) is 3.95. The molecule has 0 aliphatic carbocycles. The molecule has 90 valence electrons. The van der Waals surface area contributed by atoms with Gasteiger partial charge < -0.3 is 4.74 Å². The van der Waals surface area contributed by atoms with Crippen molar-refractivity contribution in [1.29, 1.82) is 0 Å². The molecule has 2 unspecified atom stereocenters. The van der Waals surface area contributed by atoms with E-state index >= 15 is 0 Å². The Hall–Kier alpha value is -0.500. The minimum atomic E-state index is 0.546. The first kappa shape index (κ1) is 13.6. The predicted molar refractivity (Wildman–Crippen MR) is 73.6 cm³/mol. The van der Waals surface area contributed by atoms with Crippen LogP contribution in [0.4, 0.5) is 0 Å². The third kappa shape index (κ3) is 3.82. The molecule has 16 heavy (non-hydrogen) atoms. The molecular weight excluding hydrogens is 264 g/mol. The van der Waals surface area contributed by atoms with Gasteiger partial charge in [0.05, 0.1) is 6.61 Å². The van der Waals surface area contributed by atoms with Gasteiger partial charge in [0.1, 0.15) is 5.75 Å². The highest BCUT2D eigenvalue weighted by Gasteiger charge is 2.10. The molecule has 2 heteroatoms. The van der Waals surface area contributed by atoms with Crippen molar-refractivity contribution >= 4 is 15.9 Å². The summed E-state index contributed by atoms with van der Waals surface area (Å²) in [5.74, 6) is 2.16. The summed E-state index contributed by atoms with van der Waals surface area (Å²) in [5, 5.41) is 0.985. The second-order valence-corrected chi connectivity index (χ2v) is 5.07. The standard InChI is InChI=1S/C14H21BrO/c1-4-12(3)13-7-5-6-8-14(13)16-10-11(2)9-15/h5-8,11-12H,4,9-10H2,1-3H3. The highest BCUT2D eigenvalue weighted by atomic mass is 79.9. The first-order valence-corrected chi connectivity index (χ1v) is 7.08. The zero-order chi connectivity index (χ0) is 12.0. The predicted octanol–water partition coefficient (Wildman–Crippen LogP) is 4.61. The summed E-state index contributed by atoms with van der Waals surface area (Å²) in [7, 11) is 0. The van der Waals surface area contributed by atoms with E-state index in [0.29, 0.717) is 11.8 Å². The fourth-order valence-electron chi connectivity index (χ4n) is 1.52. The monoisotopic (exact) mass is 284 g/mol. The Balaban J connectivity index is 2.71. The molecule has 1 aromatic rings. The van der Waals surface area contributed by atoms with Gasteiger partial charge in [0.15, 0.2) is 0 Å². The molecule has 1 nitrogen and oxygen atoms in total. The van der Waals surface area contributed by atoms with Gasteiger partial charge >= 0.3 is 0 Å². The number of alkyl halides is 1. The molecule has 0 aliphatic heterocycles. The normalized spacial score (nSPS) is 14.5. The Morgan fingerprint density at radius 3 is 2.56 bits per heavy atom. The topological polar surface area (TPSA) is 9.23 Å². The first-order valence-electron chi connectivity index (χ1n) is 5.96. The van der Waals surface area contributed by atoms with Crippen LogP contribution in [0.5, 0.6) is 5.75 Å². The second kappa shape index (κ2) is 6.95. The van der Waals surface area contributed by atoms with E-state index in [9.17, 15) is 0 Å². The summed E-state index contributed by atoms with van der Waals surface area (Å²) in [6.07, 6.45) is 1.15. The molecule has 0 aliphatic rings. The van der Waals surface area contributed by atoms with Crippen molar-refractivity contribution in [3.05, 3.63) is 29.8 Å². The molecule has 0 radical (unpaired) electrons. The maximum atomic E-state index is 5.88. The molecule has 2 atom stereocenters. The van der Waals surface area contributed by atoms with Crippen molar-refractivity contribution in [1.82, 2.24) is 0 Å². The van der Waals surface area contributed by atoms with Gasteiger partial charge in [-0.05, 0) is 29.9 Å². The van der Waals surface area contributed by atoms with E-state index in [-0.39, 0.29) is 0 Å². The highest BCUT2D eigenvalue weighted by Crippen LogP contribution is 2.28. The Kier molecular flexibility index (Phi) is 5.89. The number of rotatable bonds is 6. The molecule has 0 heterocycles. The fourth-order valence-corrected chi connectivity index (χ4v) is 1.70. The number of benzene rings is 1. The van der Waals surface area contributed by atoms with E-state index in [1.54, 1.807) is 0 Å². The SMILES string of the molecule is CCC(C)c1ccccc1OCC(C)CBr. The Bertz CT molecular complexity index is 311. The zero-order valence-electron chi connectivity index (χ0n) is 10.4. The smallest absolute Gasteiger partial charge is 0.122 e. The molecule has 0 aromatic heterocycles. The van der Waals surface area contributed by atoms with Gasteiger partial charge in [-0.25, -0.2) is 0 Å². The van der Waals surface area contributed by atoms with E-state index in [1.807, 2.05) is 6.07 Å². The lowest BCUT2D eigenvalue weighted by Crippen LogP contribution is -2.11. The molecule has 1 aromatic carbocycles. The van der Waals surface area contributed by atoms with Crippen LogP contribution < -0.4 is 4.74 Å². The Morgan fingerprint density at radius 2 is 1.94 bits per heavy atom. The van der Waals surface area contributed by atoms with Gasteiger partial charge in [-0.15, -0.1) is 0 Å². The van der Waals surface area contributed by atoms with Gasteiger partial charge in [-0.1, -0.05) is 54.9 Å². The number of hydrogen-bond acceptors (Lipinski definition) is 1. The van der Waals surface area contributed by atoms with E-state index < -0.39 is 0 Å². The van der Waals surface area contributed by atoms with E-state index in [0.717, 1.165) is 24.1 Å². The third-order valence-electron chi connectivity index (χ3n) is 2.85. The van der Waals surface area contributed by atoms with Gasteiger partial charge in [0, 0.05) is 5.33 Å². The molecule has 0 saturated carbocycles. The number of halogens is 1. The lowest BCUT2D eigenvalue weighted by Gasteiger charge is -2.17. The molecule has 0 spiro atoms.